The highest BCUT2D eigenvalue weighted by molar-refractivity contribution is 5.99. The molecule has 3 aromatic rings. The van der Waals surface area contributed by atoms with Crippen LogP contribution in [0.4, 0.5) is 11.4 Å². The van der Waals surface area contributed by atoms with Gasteiger partial charge in [-0.25, -0.2) is 4.79 Å². The summed E-state index contributed by atoms with van der Waals surface area (Å²) in [6.07, 6.45) is 0.0572. The van der Waals surface area contributed by atoms with Gasteiger partial charge < -0.3 is 10.1 Å². The Morgan fingerprint density at radius 2 is 1.87 bits per heavy atom. The van der Waals surface area contributed by atoms with Gasteiger partial charge in [-0.3, -0.25) is 19.6 Å². The summed E-state index contributed by atoms with van der Waals surface area (Å²) in [6, 6.07) is 12.9. The number of amides is 1. The number of benzene rings is 2. The summed E-state index contributed by atoms with van der Waals surface area (Å²) < 4.78 is 7.02. The molecule has 1 unspecified atom stereocenters. The van der Waals surface area contributed by atoms with Gasteiger partial charge in [0.2, 0.25) is 6.10 Å². The van der Waals surface area contributed by atoms with Crippen LogP contribution >= 0.6 is 0 Å². The number of aryl methyl sites for hydroxylation is 2. The number of esters is 1. The molecule has 1 N–H and O–H groups in total. The fourth-order valence-corrected chi connectivity index (χ4v) is 2.87. The van der Waals surface area contributed by atoms with Gasteiger partial charge in [-0.15, -0.1) is 0 Å². The summed E-state index contributed by atoms with van der Waals surface area (Å²) in [5.41, 5.74) is 1.70. The molecule has 1 amide bonds. The lowest BCUT2D eigenvalue weighted by Gasteiger charge is -2.18. The molecule has 0 radical (unpaired) electrons. The van der Waals surface area contributed by atoms with E-state index in [2.05, 4.69) is 10.4 Å². The minimum Gasteiger partial charge on any atom is -0.444 e. The summed E-state index contributed by atoms with van der Waals surface area (Å²) in [5, 5.41) is 17.9. The van der Waals surface area contributed by atoms with E-state index in [-0.39, 0.29) is 16.9 Å². The molecule has 0 saturated carbocycles. The number of rotatable bonds is 6. The molecule has 0 aliphatic rings. The maximum Gasteiger partial charge on any atom is 0.342 e. The van der Waals surface area contributed by atoms with E-state index in [1.165, 1.54) is 23.0 Å². The van der Waals surface area contributed by atoms with Gasteiger partial charge in [0.25, 0.3) is 11.6 Å². The first-order chi connectivity index (χ1) is 14.3. The van der Waals surface area contributed by atoms with Gasteiger partial charge in [0.15, 0.2) is 0 Å². The summed E-state index contributed by atoms with van der Waals surface area (Å²) >= 11 is 0. The zero-order chi connectivity index (χ0) is 21.8. The highest BCUT2D eigenvalue weighted by Gasteiger charge is 2.29. The third-order valence-electron chi connectivity index (χ3n) is 4.63. The van der Waals surface area contributed by atoms with Crippen LogP contribution in [0, 0.1) is 24.0 Å². The van der Waals surface area contributed by atoms with Crippen molar-refractivity contribution in [2.75, 3.05) is 5.32 Å². The minimum absolute atomic E-state index is 0.0186. The van der Waals surface area contributed by atoms with Crippen LogP contribution in [0.1, 0.15) is 33.3 Å². The zero-order valence-electron chi connectivity index (χ0n) is 16.7. The van der Waals surface area contributed by atoms with Crippen LogP contribution in [0.2, 0.25) is 0 Å². The highest BCUT2D eigenvalue weighted by Crippen LogP contribution is 2.28. The average molecular weight is 408 g/mol. The van der Waals surface area contributed by atoms with E-state index in [1.54, 1.807) is 57.3 Å². The molecule has 0 fully saturated rings. The molecule has 0 saturated heterocycles. The first-order valence-corrected chi connectivity index (χ1v) is 9.08. The second-order valence-electron chi connectivity index (χ2n) is 6.73. The quantitative estimate of drug-likeness (QED) is 0.379. The van der Waals surface area contributed by atoms with E-state index < -0.39 is 22.9 Å². The number of carbonyl (C=O) groups excluding carboxylic acids is 2. The Labute approximate surface area is 172 Å². The Bertz CT molecular complexity index is 1110. The largest absolute Gasteiger partial charge is 0.444 e. The molecule has 154 valence electrons. The number of ether oxygens (including phenoxy) is 1. The number of nitrogens with one attached hydrogen (secondary N) is 1. The van der Waals surface area contributed by atoms with Gasteiger partial charge in [0.05, 0.1) is 11.1 Å². The van der Waals surface area contributed by atoms with Crippen LogP contribution in [0.15, 0.2) is 54.7 Å². The molecule has 9 nitrogen and oxygen atoms in total. The second kappa shape index (κ2) is 8.56. The van der Waals surface area contributed by atoms with Crippen LogP contribution in [0.3, 0.4) is 0 Å². The standard InChI is InChI=1S/C21H20N4O5/c1-13-9-10-17(18(11-13)25(28)29)23-20(26)19(15-7-5-4-6-8-15)30-21(27)16-12-22-24(3)14(16)2/h4-12,19H,1-3H3,(H,23,26). The van der Waals surface area contributed by atoms with E-state index in [9.17, 15) is 19.7 Å². The third-order valence-corrected chi connectivity index (χ3v) is 4.63. The summed E-state index contributed by atoms with van der Waals surface area (Å²) in [5.74, 6) is -1.42. The molecule has 1 atom stereocenters. The first-order valence-electron chi connectivity index (χ1n) is 9.08. The molecular weight excluding hydrogens is 388 g/mol. The third kappa shape index (κ3) is 4.35. The van der Waals surface area contributed by atoms with E-state index in [0.717, 1.165) is 0 Å². The molecule has 3 rings (SSSR count). The highest BCUT2D eigenvalue weighted by atomic mass is 16.6. The second-order valence-corrected chi connectivity index (χ2v) is 6.73. The Balaban J connectivity index is 1.92. The number of anilines is 1. The van der Waals surface area contributed by atoms with Crippen molar-refractivity contribution < 1.29 is 19.2 Å². The molecule has 9 heteroatoms. The van der Waals surface area contributed by atoms with Gasteiger partial charge >= 0.3 is 5.97 Å². The van der Waals surface area contributed by atoms with Crippen LogP contribution in [-0.2, 0) is 16.6 Å². The predicted molar refractivity (Wildman–Crippen MR) is 109 cm³/mol. The molecule has 0 spiro atoms. The Morgan fingerprint density at radius 3 is 2.47 bits per heavy atom. The van der Waals surface area contributed by atoms with Crippen LogP contribution in [-0.4, -0.2) is 26.6 Å². The summed E-state index contributed by atoms with van der Waals surface area (Å²) in [4.78, 5) is 36.5. The van der Waals surface area contributed by atoms with Crippen molar-refractivity contribution in [3.63, 3.8) is 0 Å². The zero-order valence-corrected chi connectivity index (χ0v) is 16.7. The minimum atomic E-state index is -1.31. The maximum atomic E-state index is 13.0. The van der Waals surface area contributed by atoms with Crippen LogP contribution in [0.5, 0.6) is 0 Å². The first kappa shape index (κ1) is 20.7. The number of nitro groups is 1. The van der Waals surface area contributed by atoms with E-state index in [1.807, 2.05) is 0 Å². The van der Waals surface area contributed by atoms with E-state index >= 15 is 0 Å². The monoisotopic (exact) mass is 408 g/mol. The molecule has 0 bridgehead atoms. The smallest absolute Gasteiger partial charge is 0.342 e. The normalized spacial score (nSPS) is 11.6. The molecule has 2 aromatic carbocycles. The molecule has 1 heterocycles. The number of hydrogen-bond acceptors (Lipinski definition) is 6. The SMILES string of the molecule is Cc1ccc(NC(=O)C(OC(=O)c2cnn(C)c2C)c2ccccc2)c([N+](=O)[O-])c1. The van der Waals surface area contributed by atoms with Crippen molar-refractivity contribution in [2.45, 2.75) is 20.0 Å². The topological polar surface area (TPSA) is 116 Å². The molecule has 30 heavy (non-hydrogen) atoms. The van der Waals surface area contributed by atoms with Crippen molar-refractivity contribution in [1.82, 2.24) is 9.78 Å². The summed E-state index contributed by atoms with van der Waals surface area (Å²) in [6.45, 7) is 3.42. The van der Waals surface area contributed by atoms with Crippen molar-refractivity contribution in [1.29, 1.82) is 0 Å². The Kier molecular flexibility index (Phi) is 5.91. The van der Waals surface area contributed by atoms with Crippen molar-refractivity contribution in [3.8, 4) is 0 Å². The molecule has 0 aliphatic carbocycles. The lowest BCUT2D eigenvalue weighted by atomic mass is 10.1. The van der Waals surface area contributed by atoms with E-state index in [0.29, 0.717) is 16.8 Å². The number of nitro benzene ring substituents is 1. The number of nitrogens with zero attached hydrogens (tertiary/aromatic N) is 3. The van der Waals surface area contributed by atoms with Gasteiger partial charge in [0.1, 0.15) is 11.3 Å². The summed E-state index contributed by atoms with van der Waals surface area (Å²) in [7, 11) is 1.68. The van der Waals surface area contributed by atoms with Crippen molar-refractivity contribution >= 4 is 23.3 Å². The molecular formula is C21H20N4O5. The van der Waals surface area contributed by atoms with Gasteiger partial charge in [0, 0.05) is 24.4 Å². The van der Waals surface area contributed by atoms with Crippen molar-refractivity contribution in [3.05, 3.63) is 87.2 Å². The van der Waals surface area contributed by atoms with Crippen LogP contribution < -0.4 is 5.32 Å². The van der Waals surface area contributed by atoms with Gasteiger partial charge in [-0.05, 0) is 25.5 Å². The number of carbonyl (C=O) groups is 2. The maximum absolute atomic E-state index is 13.0. The number of hydrogen-bond donors (Lipinski definition) is 1. The molecule has 1 aromatic heterocycles. The molecule has 0 aliphatic heterocycles. The number of aromatic nitrogens is 2. The van der Waals surface area contributed by atoms with Crippen LogP contribution in [0.25, 0.3) is 0 Å². The van der Waals surface area contributed by atoms with Gasteiger partial charge in [-0.1, -0.05) is 36.4 Å². The van der Waals surface area contributed by atoms with E-state index in [4.69, 9.17) is 4.74 Å². The lowest BCUT2D eigenvalue weighted by molar-refractivity contribution is -0.384. The predicted octanol–water partition coefficient (Wildman–Crippen LogP) is 3.48. The fraction of sp³-hybridized carbons (Fsp3) is 0.190. The lowest BCUT2D eigenvalue weighted by Crippen LogP contribution is -2.26. The van der Waals surface area contributed by atoms with Crippen molar-refractivity contribution in [2.24, 2.45) is 7.05 Å². The average Bonchev–Trinajstić information content (AvgIpc) is 3.06. The van der Waals surface area contributed by atoms with Gasteiger partial charge in [-0.2, -0.15) is 5.10 Å². The Hall–Kier alpha value is -4.01. The Morgan fingerprint density at radius 1 is 1.17 bits per heavy atom. The fourth-order valence-electron chi connectivity index (χ4n) is 2.87.